The van der Waals surface area contributed by atoms with Gasteiger partial charge in [-0.1, -0.05) is 30.3 Å². The van der Waals surface area contributed by atoms with Crippen LogP contribution in [0.4, 0.5) is 0 Å². The number of Topliss-reactive ketones (excluding diaryl/α,β-unsaturated/α-hetero) is 1. The third-order valence-corrected chi connectivity index (χ3v) is 3.30. The number of carbonyl (C=O) groups excluding carboxylic acids is 1. The van der Waals surface area contributed by atoms with Crippen LogP contribution in [-0.4, -0.2) is 21.9 Å². The van der Waals surface area contributed by atoms with Crippen LogP contribution in [0.1, 0.15) is 24.2 Å². The lowest BCUT2D eigenvalue weighted by Crippen LogP contribution is -2.24. The molecule has 2 aromatic rings. The molecule has 1 heterocycles. The Bertz CT molecular complexity index is 533. The predicted molar refractivity (Wildman–Crippen MR) is 74.8 cm³/mol. The highest BCUT2D eigenvalue weighted by Crippen LogP contribution is 2.17. The van der Waals surface area contributed by atoms with E-state index in [9.17, 15) is 4.79 Å². The maximum atomic E-state index is 12.4. The van der Waals surface area contributed by atoms with Crippen LogP contribution < -0.4 is 5.73 Å². The maximum absolute atomic E-state index is 12.4. The average Bonchev–Trinajstić information content (AvgIpc) is 2.88. The second kappa shape index (κ2) is 6.29. The number of ketones is 1. The summed E-state index contributed by atoms with van der Waals surface area (Å²) in [5.74, 6) is 0.680. The number of hydrogen-bond donors (Lipinski definition) is 1. The predicted octanol–water partition coefficient (Wildman–Crippen LogP) is 1.76. The summed E-state index contributed by atoms with van der Waals surface area (Å²) in [6.45, 7) is 3.18. The van der Waals surface area contributed by atoms with Crippen molar-refractivity contribution in [1.82, 2.24) is 9.55 Å². The fourth-order valence-electron chi connectivity index (χ4n) is 2.21. The van der Waals surface area contributed by atoms with Gasteiger partial charge >= 0.3 is 0 Å². The summed E-state index contributed by atoms with van der Waals surface area (Å²) in [6.07, 6.45) is 3.95. The molecule has 0 bridgehead atoms. The van der Waals surface area contributed by atoms with Crippen molar-refractivity contribution in [2.45, 2.75) is 25.8 Å². The van der Waals surface area contributed by atoms with E-state index in [2.05, 4.69) is 4.98 Å². The van der Waals surface area contributed by atoms with Crippen molar-refractivity contribution in [3.05, 3.63) is 54.1 Å². The van der Waals surface area contributed by atoms with Crippen LogP contribution in [-0.2, 0) is 17.8 Å². The van der Waals surface area contributed by atoms with Crippen LogP contribution in [0.15, 0.2) is 42.7 Å². The number of nitrogens with two attached hydrogens (primary N) is 1. The average molecular weight is 257 g/mol. The van der Waals surface area contributed by atoms with E-state index in [1.165, 1.54) is 0 Å². The highest BCUT2D eigenvalue weighted by Gasteiger charge is 2.20. The summed E-state index contributed by atoms with van der Waals surface area (Å²) in [7, 11) is 0. The number of hydrogen-bond acceptors (Lipinski definition) is 3. The van der Waals surface area contributed by atoms with Gasteiger partial charge in [0, 0.05) is 25.5 Å². The van der Waals surface area contributed by atoms with E-state index in [-0.39, 0.29) is 11.7 Å². The lowest BCUT2D eigenvalue weighted by molar-refractivity contribution is -0.119. The van der Waals surface area contributed by atoms with E-state index in [1.807, 2.05) is 48.0 Å². The molecule has 4 nitrogen and oxygen atoms in total. The van der Waals surface area contributed by atoms with Gasteiger partial charge in [0.05, 0.1) is 12.3 Å². The van der Waals surface area contributed by atoms with Gasteiger partial charge < -0.3 is 10.3 Å². The topological polar surface area (TPSA) is 60.9 Å². The number of imidazole rings is 1. The molecule has 0 saturated heterocycles. The van der Waals surface area contributed by atoms with Crippen LogP contribution >= 0.6 is 0 Å². The molecule has 0 radical (unpaired) electrons. The van der Waals surface area contributed by atoms with E-state index in [4.69, 9.17) is 5.73 Å². The number of aryl methyl sites for hydroxylation is 1. The molecule has 100 valence electrons. The van der Waals surface area contributed by atoms with Crippen LogP contribution in [0.3, 0.4) is 0 Å². The molecular formula is C15H19N3O. The molecule has 0 aliphatic heterocycles. The first kappa shape index (κ1) is 13.5. The van der Waals surface area contributed by atoms with Crippen molar-refractivity contribution in [3.63, 3.8) is 0 Å². The van der Waals surface area contributed by atoms with Crippen LogP contribution in [0, 0.1) is 0 Å². The lowest BCUT2D eigenvalue weighted by atomic mass is 9.93. The minimum atomic E-state index is -0.247. The van der Waals surface area contributed by atoms with Gasteiger partial charge in [0.25, 0.3) is 0 Å². The second-order valence-corrected chi connectivity index (χ2v) is 4.47. The van der Waals surface area contributed by atoms with Crippen molar-refractivity contribution in [3.8, 4) is 0 Å². The van der Waals surface area contributed by atoms with Gasteiger partial charge in [0.2, 0.25) is 0 Å². The Labute approximate surface area is 113 Å². The van der Waals surface area contributed by atoms with Gasteiger partial charge in [-0.25, -0.2) is 4.98 Å². The monoisotopic (exact) mass is 257 g/mol. The zero-order chi connectivity index (χ0) is 13.7. The molecule has 0 aliphatic rings. The fourth-order valence-corrected chi connectivity index (χ4v) is 2.21. The van der Waals surface area contributed by atoms with Crippen LogP contribution in [0.2, 0.25) is 0 Å². The summed E-state index contributed by atoms with van der Waals surface area (Å²) in [6, 6.07) is 9.69. The summed E-state index contributed by atoms with van der Waals surface area (Å²) in [4.78, 5) is 16.6. The normalized spacial score (nSPS) is 12.3. The Morgan fingerprint density at radius 3 is 2.74 bits per heavy atom. The van der Waals surface area contributed by atoms with Crippen LogP contribution in [0.25, 0.3) is 0 Å². The smallest absolute Gasteiger partial charge is 0.149 e. The molecule has 0 aliphatic carbocycles. The Kier molecular flexibility index (Phi) is 4.47. The zero-order valence-electron chi connectivity index (χ0n) is 11.1. The molecule has 0 fully saturated rings. The van der Waals surface area contributed by atoms with Gasteiger partial charge in [-0.05, 0) is 12.5 Å². The highest BCUT2D eigenvalue weighted by molar-refractivity contribution is 5.87. The van der Waals surface area contributed by atoms with E-state index < -0.39 is 0 Å². The van der Waals surface area contributed by atoms with E-state index in [0.717, 1.165) is 17.9 Å². The number of rotatable bonds is 6. The van der Waals surface area contributed by atoms with Gasteiger partial charge in [-0.15, -0.1) is 0 Å². The van der Waals surface area contributed by atoms with Gasteiger partial charge in [0.15, 0.2) is 0 Å². The number of nitrogens with zero attached hydrogens (tertiary/aromatic N) is 2. The van der Waals surface area contributed by atoms with E-state index in [1.54, 1.807) is 6.20 Å². The van der Waals surface area contributed by atoms with Crippen LogP contribution in [0.5, 0.6) is 0 Å². The number of aromatic nitrogens is 2. The van der Waals surface area contributed by atoms with Crippen molar-refractivity contribution in [2.75, 3.05) is 6.54 Å². The molecule has 4 heteroatoms. The highest BCUT2D eigenvalue weighted by atomic mass is 16.1. The fraction of sp³-hybridized carbons (Fsp3) is 0.333. The van der Waals surface area contributed by atoms with Crippen molar-refractivity contribution >= 4 is 5.78 Å². The molecule has 1 atom stereocenters. The second-order valence-electron chi connectivity index (χ2n) is 4.47. The molecule has 2 rings (SSSR count). The first-order chi connectivity index (χ1) is 9.26. The van der Waals surface area contributed by atoms with E-state index in [0.29, 0.717) is 13.0 Å². The quantitative estimate of drug-likeness (QED) is 0.857. The summed E-state index contributed by atoms with van der Waals surface area (Å²) >= 11 is 0. The zero-order valence-corrected chi connectivity index (χ0v) is 11.1. The molecule has 0 spiro atoms. The first-order valence-electron chi connectivity index (χ1n) is 6.54. The first-order valence-corrected chi connectivity index (χ1v) is 6.54. The number of carbonyl (C=O) groups is 1. The molecule has 2 N–H and O–H groups in total. The lowest BCUT2D eigenvalue weighted by Gasteiger charge is -2.14. The summed E-state index contributed by atoms with van der Waals surface area (Å²) in [5.41, 5.74) is 6.73. The van der Waals surface area contributed by atoms with Gasteiger partial charge in [-0.3, -0.25) is 4.79 Å². The standard InChI is InChI=1S/C15H19N3O/c1-2-18-9-8-17-15(18)10-14(19)13(11-16)12-6-4-3-5-7-12/h3-9,13H,2,10-11,16H2,1H3. The minimum absolute atomic E-state index is 0.120. The Hall–Kier alpha value is -1.94. The van der Waals surface area contributed by atoms with Crippen molar-refractivity contribution < 1.29 is 4.79 Å². The molecule has 1 unspecified atom stereocenters. The van der Waals surface area contributed by atoms with E-state index >= 15 is 0 Å². The molecule has 1 aromatic heterocycles. The molecule has 0 saturated carbocycles. The Balaban J connectivity index is 2.14. The van der Waals surface area contributed by atoms with Crippen molar-refractivity contribution in [1.29, 1.82) is 0 Å². The summed E-state index contributed by atoms with van der Waals surface area (Å²) in [5, 5.41) is 0. The van der Waals surface area contributed by atoms with Gasteiger partial charge in [0.1, 0.15) is 11.6 Å². The maximum Gasteiger partial charge on any atom is 0.149 e. The van der Waals surface area contributed by atoms with Crippen molar-refractivity contribution in [2.24, 2.45) is 5.73 Å². The largest absolute Gasteiger partial charge is 0.335 e. The molecule has 1 aromatic carbocycles. The molecular weight excluding hydrogens is 238 g/mol. The third-order valence-electron chi connectivity index (χ3n) is 3.30. The SMILES string of the molecule is CCn1ccnc1CC(=O)C(CN)c1ccccc1. The minimum Gasteiger partial charge on any atom is -0.335 e. The Morgan fingerprint density at radius 1 is 1.37 bits per heavy atom. The molecule has 19 heavy (non-hydrogen) atoms. The summed E-state index contributed by atoms with van der Waals surface area (Å²) < 4.78 is 1.98. The molecule has 0 amide bonds. The van der Waals surface area contributed by atoms with Gasteiger partial charge in [-0.2, -0.15) is 0 Å². The Morgan fingerprint density at radius 2 is 2.11 bits per heavy atom. The number of benzene rings is 1. The third kappa shape index (κ3) is 3.09.